The zero-order valence-corrected chi connectivity index (χ0v) is 16.4. The third-order valence-electron chi connectivity index (χ3n) is 6.52. The molecule has 0 saturated heterocycles. The lowest BCUT2D eigenvalue weighted by atomic mass is 9.84. The Morgan fingerprint density at radius 3 is 2.28 bits per heavy atom. The van der Waals surface area contributed by atoms with Crippen molar-refractivity contribution >= 4 is 11.3 Å². The highest BCUT2D eigenvalue weighted by Gasteiger charge is 2.32. The molecule has 2 saturated carbocycles. The van der Waals surface area contributed by atoms with Gasteiger partial charge in [0.05, 0.1) is 0 Å². The topological polar surface area (TPSA) is 38.0 Å². The maximum atomic E-state index is 10.6. The maximum absolute atomic E-state index is 10.6. The van der Waals surface area contributed by atoms with E-state index in [1.165, 1.54) is 61.9 Å². The minimum absolute atomic E-state index is 0.392. The Morgan fingerprint density at radius 2 is 1.64 bits per heavy atom. The molecule has 0 aliphatic heterocycles. The van der Waals surface area contributed by atoms with Crippen molar-refractivity contribution in [3.8, 4) is 10.8 Å². The van der Waals surface area contributed by atoms with Gasteiger partial charge >= 0.3 is 0 Å². The minimum Gasteiger partial charge on any atom is -0.498 e. The molecule has 2 heterocycles. The number of aromatic nitrogens is 2. The molecule has 136 valence electrons. The standard InChI is InChI=1S/C21H30N2OS/c1-20(8-3-4-9-20)14-16-7-12-22-23(16)18-13-17(25-19(18)24)15-21(2)10-5-6-11-21/h7,12-13,24H,3-6,8-11,14-15H2,1-2H3. The van der Waals surface area contributed by atoms with Crippen LogP contribution in [0.1, 0.15) is 75.8 Å². The van der Waals surface area contributed by atoms with Gasteiger partial charge in [0, 0.05) is 16.8 Å². The highest BCUT2D eigenvalue weighted by Crippen LogP contribution is 2.44. The summed E-state index contributed by atoms with van der Waals surface area (Å²) in [6, 6.07) is 4.30. The first kappa shape index (κ1) is 17.1. The number of hydrogen-bond acceptors (Lipinski definition) is 3. The van der Waals surface area contributed by atoms with Crippen molar-refractivity contribution in [2.45, 2.75) is 78.1 Å². The molecule has 25 heavy (non-hydrogen) atoms. The highest BCUT2D eigenvalue weighted by atomic mass is 32.1. The largest absolute Gasteiger partial charge is 0.498 e. The van der Waals surface area contributed by atoms with Gasteiger partial charge in [-0.25, -0.2) is 4.68 Å². The van der Waals surface area contributed by atoms with E-state index in [2.05, 4.69) is 31.1 Å². The van der Waals surface area contributed by atoms with E-state index in [0.717, 1.165) is 18.5 Å². The molecule has 4 rings (SSSR count). The molecule has 0 bridgehead atoms. The van der Waals surface area contributed by atoms with Gasteiger partial charge in [-0.2, -0.15) is 5.10 Å². The molecule has 2 aromatic rings. The molecule has 1 N–H and O–H groups in total. The molecule has 3 nitrogen and oxygen atoms in total. The van der Waals surface area contributed by atoms with Crippen LogP contribution in [-0.2, 0) is 12.8 Å². The zero-order valence-electron chi connectivity index (χ0n) is 15.6. The van der Waals surface area contributed by atoms with E-state index in [9.17, 15) is 5.11 Å². The Kier molecular flexibility index (Phi) is 4.43. The van der Waals surface area contributed by atoms with E-state index in [0.29, 0.717) is 15.9 Å². The fourth-order valence-corrected chi connectivity index (χ4v) is 6.10. The molecule has 0 unspecified atom stereocenters. The van der Waals surface area contributed by atoms with E-state index in [-0.39, 0.29) is 0 Å². The van der Waals surface area contributed by atoms with Crippen molar-refractivity contribution in [3.63, 3.8) is 0 Å². The second kappa shape index (κ2) is 6.46. The average molecular weight is 359 g/mol. The van der Waals surface area contributed by atoms with Crippen molar-refractivity contribution in [3.05, 3.63) is 28.9 Å². The summed E-state index contributed by atoms with van der Waals surface area (Å²) in [5.74, 6) is 0. The molecule has 0 amide bonds. The molecular weight excluding hydrogens is 328 g/mol. The molecule has 0 aromatic carbocycles. The quantitative estimate of drug-likeness (QED) is 0.724. The van der Waals surface area contributed by atoms with Gasteiger partial charge in [0.2, 0.25) is 0 Å². The fraction of sp³-hybridized carbons (Fsp3) is 0.667. The summed E-state index contributed by atoms with van der Waals surface area (Å²) >= 11 is 1.54. The third kappa shape index (κ3) is 3.51. The molecule has 2 aromatic heterocycles. The van der Waals surface area contributed by atoms with E-state index in [4.69, 9.17) is 0 Å². The van der Waals surface area contributed by atoms with Gasteiger partial charge in [0.1, 0.15) is 5.69 Å². The molecule has 0 radical (unpaired) electrons. The fourth-order valence-electron chi connectivity index (χ4n) is 5.01. The van der Waals surface area contributed by atoms with Gasteiger partial charge in [-0.3, -0.25) is 0 Å². The van der Waals surface area contributed by atoms with Crippen molar-refractivity contribution < 1.29 is 5.11 Å². The normalized spacial score (nSPS) is 21.8. The second-order valence-electron chi connectivity index (χ2n) is 9.03. The van der Waals surface area contributed by atoms with Gasteiger partial charge in [-0.15, -0.1) is 11.3 Å². The van der Waals surface area contributed by atoms with Crippen LogP contribution in [-0.4, -0.2) is 14.9 Å². The van der Waals surface area contributed by atoms with Gasteiger partial charge in [-0.1, -0.05) is 39.5 Å². The number of aromatic hydroxyl groups is 1. The predicted octanol–water partition coefficient (Wildman–Crippen LogP) is 5.89. The van der Waals surface area contributed by atoms with E-state index in [1.807, 2.05) is 10.9 Å². The van der Waals surface area contributed by atoms with Crippen LogP contribution < -0.4 is 0 Å². The molecule has 2 fully saturated rings. The number of thiophene rings is 1. The molecule has 0 atom stereocenters. The van der Waals surface area contributed by atoms with Gasteiger partial charge < -0.3 is 5.11 Å². The van der Waals surface area contributed by atoms with Crippen LogP contribution in [0.2, 0.25) is 0 Å². The molecule has 2 aliphatic carbocycles. The summed E-state index contributed by atoms with van der Waals surface area (Å²) in [6.07, 6.45) is 14.6. The van der Waals surface area contributed by atoms with Crippen molar-refractivity contribution in [2.24, 2.45) is 10.8 Å². The summed E-state index contributed by atoms with van der Waals surface area (Å²) in [4.78, 5) is 1.30. The first-order valence-corrected chi connectivity index (χ1v) is 10.6. The Morgan fingerprint density at radius 1 is 1.04 bits per heavy atom. The summed E-state index contributed by atoms with van der Waals surface area (Å²) in [6.45, 7) is 4.80. The molecular formula is C21H30N2OS. The Hall–Kier alpha value is -1.29. The summed E-state index contributed by atoms with van der Waals surface area (Å²) in [5.41, 5.74) is 2.92. The molecule has 0 spiro atoms. The lowest BCUT2D eigenvalue weighted by Gasteiger charge is -2.23. The third-order valence-corrected chi connectivity index (χ3v) is 7.45. The summed E-state index contributed by atoms with van der Waals surface area (Å²) < 4.78 is 1.98. The highest BCUT2D eigenvalue weighted by molar-refractivity contribution is 7.14. The number of nitrogens with zero attached hydrogens (tertiary/aromatic N) is 2. The summed E-state index contributed by atoms with van der Waals surface area (Å²) in [7, 11) is 0. The monoisotopic (exact) mass is 358 g/mol. The van der Waals surface area contributed by atoms with Crippen LogP contribution in [0, 0.1) is 10.8 Å². The van der Waals surface area contributed by atoms with Crippen LogP contribution in [0.25, 0.3) is 5.69 Å². The van der Waals surface area contributed by atoms with Crippen LogP contribution in [0.4, 0.5) is 0 Å². The zero-order chi connectivity index (χ0) is 17.5. The van der Waals surface area contributed by atoms with Crippen LogP contribution in [0.5, 0.6) is 5.06 Å². The SMILES string of the molecule is CC1(Cc2cc(-n3nccc3CC3(C)CCCC3)c(O)s2)CCCC1. The van der Waals surface area contributed by atoms with Gasteiger partial charge in [0.15, 0.2) is 5.06 Å². The van der Waals surface area contributed by atoms with E-state index >= 15 is 0 Å². The predicted molar refractivity (Wildman–Crippen MR) is 104 cm³/mol. The van der Waals surface area contributed by atoms with Gasteiger partial charge in [-0.05, 0) is 61.5 Å². The average Bonchev–Trinajstić information content (AvgIpc) is 3.31. The lowest BCUT2D eigenvalue weighted by molar-refractivity contribution is 0.327. The van der Waals surface area contributed by atoms with Gasteiger partial charge in [0.25, 0.3) is 0 Å². The van der Waals surface area contributed by atoms with Crippen LogP contribution in [0.15, 0.2) is 18.3 Å². The van der Waals surface area contributed by atoms with Crippen LogP contribution in [0.3, 0.4) is 0 Å². The molecule has 4 heteroatoms. The molecule has 2 aliphatic rings. The van der Waals surface area contributed by atoms with Crippen LogP contribution >= 0.6 is 11.3 Å². The number of hydrogen-bond donors (Lipinski definition) is 1. The minimum atomic E-state index is 0.392. The Balaban J connectivity index is 1.57. The van der Waals surface area contributed by atoms with E-state index in [1.54, 1.807) is 11.3 Å². The van der Waals surface area contributed by atoms with Crippen molar-refractivity contribution in [2.75, 3.05) is 0 Å². The maximum Gasteiger partial charge on any atom is 0.197 e. The second-order valence-corrected chi connectivity index (χ2v) is 10.1. The van der Waals surface area contributed by atoms with E-state index < -0.39 is 0 Å². The number of rotatable bonds is 5. The first-order chi connectivity index (χ1) is 12.0. The van der Waals surface area contributed by atoms with Crippen molar-refractivity contribution in [1.29, 1.82) is 0 Å². The summed E-state index contributed by atoms with van der Waals surface area (Å²) in [5, 5.41) is 15.5. The Labute approximate surface area is 155 Å². The lowest BCUT2D eigenvalue weighted by Crippen LogP contribution is -2.17. The Bertz CT molecular complexity index is 733. The van der Waals surface area contributed by atoms with Crippen molar-refractivity contribution in [1.82, 2.24) is 9.78 Å². The first-order valence-electron chi connectivity index (χ1n) is 9.82. The smallest absolute Gasteiger partial charge is 0.197 e.